The maximum absolute atomic E-state index is 10.9. The maximum atomic E-state index is 10.9. The van der Waals surface area contributed by atoms with E-state index >= 15 is 0 Å². The van der Waals surface area contributed by atoms with Gasteiger partial charge in [0.2, 0.25) is 5.91 Å². The lowest BCUT2D eigenvalue weighted by Gasteiger charge is -2.15. The molecule has 0 aliphatic rings. The van der Waals surface area contributed by atoms with Crippen LogP contribution < -0.4 is 5.32 Å². The van der Waals surface area contributed by atoms with Crippen molar-refractivity contribution in [3.8, 4) is 0 Å². The van der Waals surface area contributed by atoms with E-state index in [0.29, 0.717) is 19.4 Å². The second-order valence-electron chi connectivity index (χ2n) is 2.59. The van der Waals surface area contributed by atoms with Crippen molar-refractivity contribution in [3.63, 3.8) is 0 Å². The predicted octanol–water partition coefficient (Wildman–Crippen LogP) is -0.0900. The zero-order chi connectivity index (χ0) is 9.40. The topological polar surface area (TPSA) is 58.6 Å². The number of hydrogen-bond donors (Lipinski definition) is 2. The number of amides is 1. The number of ether oxygens (including phenoxy) is 1. The third kappa shape index (κ3) is 5.09. The highest BCUT2D eigenvalue weighted by Crippen LogP contribution is 1.92. The molecule has 0 bridgehead atoms. The lowest BCUT2D eigenvalue weighted by Crippen LogP contribution is -2.38. The fourth-order valence-electron chi connectivity index (χ4n) is 0.884. The Hall–Kier alpha value is -0.610. The molecule has 0 aromatic carbocycles. The summed E-state index contributed by atoms with van der Waals surface area (Å²) < 4.78 is 4.88. The number of aliphatic hydroxyl groups excluding tert-OH is 1. The highest BCUT2D eigenvalue weighted by molar-refractivity contribution is 5.75. The molecule has 4 nitrogen and oxygen atoms in total. The molecule has 0 spiro atoms. The van der Waals surface area contributed by atoms with Gasteiger partial charge in [-0.05, 0) is 6.42 Å². The Morgan fingerprint density at radius 2 is 2.33 bits per heavy atom. The molecule has 0 aromatic rings. The van der Waals surface area contributed by atoms with E-state index in [-0.39, 0.29) is 18.6 Å². The van der Waals surface area contributed by atoms with Crippen LogP contribution in [-0.2, 0) is 9.53 Å². The van der Waals surface area contributed by atoms with Gasteiger partial charge in [-0.25, -0.2) is 0 Å². The molecule has 1 atom stereocenters. The molecular weight excluding hydrogens is 158 g/mol. The molecule has 4 heteroatoms. The van der Waals surface area contributed by atoms with Crippen LogP contribution in [0.3, 0.4) is 0 Å². The van der Waals surface area contributed by atoms with Crippen LogP contribution in [0.4, 0.5) is 0 Å². The molecule has 1 amide bonds. The van der Waals surface area contributed by atoms with Gasteiger partial charge in [-0.2, -0.15) is 0 Å². The SMILES string of the molecule is CCC(=O)NC(CCO)COC. The van der Waals surface area contributed by atoms with E-state index in [9.17, 15) is 4.79 Å². The zero-order valence-corrected chi connectivity index (χ0v) is 7.67. The van der Waals surface area contributed by atoms with Crippen molar-refractivity contribution in [1.82, 2.24) is 5.32 Å². The molecule has 72 valence electrons. The van der Waals surface area contributed by atoms with E-state index in [0.717, 1.165) is 0 Å². The molecule has 0 radical (unpaired) electrons. The molecule has 0 aliphatic carbocycles. The summed E-state index contributed by atoms with van der Waals surface area (Å²) in [5.74, 6) is -0.00880. The highest BCUT2D eigenvalue weighted by Gasteiger charge is 2.09. The molecule has 0 rings (SSSR count). The number of nitrogens with one attached hydrogen (secondary N) is 1. The lowest BCUT2D eigenvalue weighted by molar-refractivity contribution is -0.121. The number of hydrogen-bond acceptors (Lipinski definition) is 3. The standard InChI is InChI=1S/C8H17NO3/c1-3-8(11)9-7(4-5-10)6-12-2/h7,10H,3-6H2,1-2H3,(H,9,11). The normalized spacial score (nSPS) is 12.6. The van der Waals surface area contributed by atoms with Crippen LogP contribution in [0.25, 0.3) is 0 Å². The Balaban J connectivity index is 3.68. The van der Waals surface area contributed by atoms with Crippen molar-refractivity contribution in [1.29, 1.82) is 0 Å². The minimum absolute atomic E-state index is 0.00880. The molecule has 0 saturated heterocycles. The average molecular weight is 175 g/mol. The Kier molecular flexibility index (Phi) is 6.70. The van der Waals surface area contributed by atoms with Crippen LogP contribution in [-0.4, -0.2) is 37.4 Å². The summed E-state index contributed by atoms with van der Waals surface area (Å²) in [6.07, 6.45) is 1.01. The smallest absolute Gasteiger partial charge is 0.220 e. The van der Waals surface area contributed by atoms with Gasteiger partial charge in [-0.15, -0.1) is 0 Å². The largest absolute Gasteiger partial charge is 0.396 e. The molecule has 0 aromatic heterocycles. The summed E-state index contributed by atoms with van der Waals surface area (Å²) in [5.41, 5.74) is 0. The zero-order valence-electron chi connectivity index (χ0n) is 7.67. The summed E-state index contributed by atoms with van der Waals surface area (Å²) in [5, 5.41) is 11.4. The first-order chi connectivity index (χ1) is 5.74. The van der Waals surface area contributed by atoms with Crippen LogP contribution in [0.5, 0.6) is 0 Å². The minimum Gasteiger partial charge on any atom is -0.396 e. The Bertz CT molecular complexity index is 121. The van der Waals surface area contributed by atoms with Crippen LogP contribution >= 0.6 is 0 Å². The van der Waals surface area contributed by atoms with Crippen LogP contribution in [0, 0.1) is 0 Å². The summed E-state index contributed by atoms with van der Waals surface area (Å²) in [4.78, 5) is 10.9. The molecule has 0 heterocycles. The van der Waals surface area contributed by atoms with Crippen molar-refractivity contribution in [2.75, 3.05) is 20.3 Å². The summed E-state index contributed by atoms with van der Waals surface area (Å²) in [6.45, 7) is 2.31. The Morgan fingerprint density at radius 1 is 1.67 bits per heavy atom. The lowest BCUT2D eigenvalue weighted by atomic mass is 10.2. The number of methoxy groups -OCH3 is 1. The van der Waals surface area contributed by atoms with Crippen molar-refractivity contribution >= 4 is 5.91 Å². The molecule has 12 heavy (non-hydrogen) atoms. The maximum Gasteiger partial charge on any atom is 0.220 e. The third-order valence-electron chi connectivity index (χ3n) is 1.53. The number of aliphatic hydroxyl groups is 1. The molecule has 1 unspecified atom stereocenters. The van der Waals surface area contributed by atoms with Crippen molar-refractivity contribution in [2.45, 2.75) is 25.8 Å². The van der Waals surface area contributed by atoms with Crippen LogP contribution in [0.15, 0.2) is 0 Å². The van der Waals surface area contributed by atoms with Gasteiger partial charge in [0, 0.05) is 20.1 Å². The van der Waals surface area contributed by atoms with Crippen LogP contribution in [0.2, 0.25) is 0 Å². The summed E-state index contributed by atoms with van der Waals surface area (Å²) >= 11 is 0. The first-order valence-corrected chi connectivity index (χ1v) is 4.13. The molecular formula is C8H17NO3. The van der Waals surface area contributed by atoms with Crippen molar-refractivity contribution in [2.24, 2.45) is 0 Å². The average Bonchev–Trinajstić information content (AvgIpc) is 2.05. The van der Waals surface area contributed by atoms with Gasteiger partial charge >= 0.3 is 0 Å². The Morgan fingerprint density at radius 3 is 2.75 bits per heavy atom. The van der Waals surface area contributed by atoms with E-state index < -0.39 is 0 Å². The van der Waals surface area contributed by atoms with Crippen molar-refractivity contribution < 1.29 is 14.6 Å². The van der Waals surface area contributed by atoms with Crippen molar-refractivity contribution in [3.05, 3.63) is 0 Å². The molecule has 0 fully saturated rings. The molecule has 2 N–H and O–H groups in total. The molecule has 0 saturated carbocycles. The Labute approximate surface area is 72.9 Å². The fraction of sp³-hybridized carbons (Fsp3) is 0.875. The van der Waals surface area contributed by atoms with E-state index in [4.69, 9.17) is 9.84 Å². The van der Waals surface area contributed by atoms with Gasteiger partial charge < -0.3 is 15.2 Å². The minimum atomic E-state index is -0.0625. The van der Waals surface area contributed by atoms with E-state index in [2.05, 4.69) is 5.32 Å². The van der Waals surface area contributed by atoms with E-state index in [1.54, 1.807) is 14.0 Å². The fourth-order valence-corrected chi connectivity index (χ4v) is 0.884. The summed E-state index contributed by atoms with van der Waals surface area (Å²) in [7, 11) is 1.57. The van der Waals surface area contributed by atoms with Gasteiger partial charge in [0.25, 0.3) is 0 Å². The highest BCUT2D eigenvalue weighted by atomic mass is 16.5. The first kappa shape index (κ1) is 11.4. The quantitative estimate of drug-likeness (QED) is 0.593. The van der Waals surface area contributed by atoms with Gasteiger partial charge in [0.15, 0.2) is 0 Å². The third-order valence-corrected chi connectivity index (χ3v) is 1.53. The number of carbonyl (C=O) groups is 1. The van der Waals surface area contributed by atoms with E-state index in [1.807, 2.05) is 0 Å². The number of carbonyl (C=O) groups excluding carboxylic acids is 1. The van der Waals surface area contributed by atoms with Gasteiger partial charge in [-0.1, -0.05) is 6.92 Å². The second-order valence-corrected chi connectivity index (χ2v) is 2.59. The first-order valence-electron chi connectivity index (χ1n) is 4.13. The van der Waals surface area contributed by atoms with E-state index in [1.165, 1.54) is 0 Å². The molecule has 0 aliphatic heterocycles. The van der Waals surface area contributed by atoms with Crippen LogP contribution in [0.1, 0.15) is 19.8 Å². The number of rotatable bonds is 6. The second kappa shape index (κ2) is 7.06. The van der Waals surface area contributed by atoms with Gasteiger partial charge in [0.05, 0.1) is 12.6 Å². The van der Waals surface area contributed by atoms with Gasteiger partial charge in [-0.3, -0.25) is 4.79 Å². The van der Waals surface area contributed by atoms with Gasteiger partial charge in [0.1, 0.15) is 0 Å². The monoisotopic (exact) mass is 175 g/mol. The predicted molar refractivity (Wildman–Crippen MR) is 45.8 cm³/mol. The summed E-state index contributed by atoms with van der Waals surface area (Å²) in [6, 6.07) is -0.0625.